The number of thiol groups is 1. The largest absolute Gasteiger partial charge is 0.480 e. The Balaban J connectivity index is 4.39. The molecule has 0 saturated heterocycles. The zero-order chi connectivity index (χ0) is 21.7. The van der Waals surface area contributed by atoms with Gasteiger partial charge in [-0.15, -0.1) is 0 Å². The number of amides is 1. The fourth-order valence-corrected chi connectivity index (χ4v) is 1.97. The summed E-state index contributed by atoms with van der Waals surface area (Å²) in [5.41, 5.74) is 10.8. The molecule has 0 aliphatic rings. The molecule has 0 aromatic carbocycles. The Bertz CT molecular complexity index is 598. The fraction of sp³-hybridized carbons (Fsp3) is 0.562. The summed E-state index contributed by atoms with van der Waals surface area (Å²) in [6.07, 6.45) is 0.579. The number of carboxylic acid groups (broad SMARTS) is 1. The van der Waals surface area contributed by atoms with E-state index in [9.17, 15) is 24.0 Å². The molecule has 0 aliphatic heterocycles. The van der Waals surface area contributed by atoms with Crippen molar-refractivity contribution in [2.45, 2.75) is 43.8 Å². The maximum Gasteiger partial charge on any atom is 0.337 e. The topological polar surface area (TPSA) is 188 Å². The minimum Gasteiger partial charge on any atom is -0.480 e. The molecule has 0 aromatic heterocycles. The third-order valence-electron chi connectivity index (χ3n) is 3.32. The number of carbonyl (C=O) groups is 5. The number of carboxylic acids is 1. The first-order valence-electron chi connectivity index (χ1n) is 8.28. The summed E-state index contributed by atoms with van der Waals surface area (Å²) < 4.78 is 9.29. The summed E-state index contributed by atoms with van der Waals surface area (Å²) in [4.78, 5) is 57.4. The standard InChI is InChI=1S/C16H25N3O8S/c1-2-7-26-15(24)10(18)3-5-12(20)19-11(8-28)16(25)27-13(21)6-4-9(17)14(22)23/h2,9-11,28H,1,3-8,17-18H2,(H,19,20)(H,22,23)/t9-,10-,11-/m0/s1. The van der Waals surface area contributed by atoms with Crippen LogP contribution in [0.5, 0.6) is 0 Å². The highest BCUT2D eigenvalue weighted by Gasteiger charge is 2.25. The van der Waals surface area contributed by atoms with E-state index in [0.29, 0.717) is 0 Å². The number of nitrogens with one attached hydrogen (secondary N) is 1. The number of hydrogen-bond donors (Lipinski definition) is 5. The molecule has 0 fully saturated rings. The van der Waals surface area contributed by atoms with Gasteiger partial charge in [-0.25, -0.2) is 4.79 Å². The molecule has 0 aromatic rings. The van der Waals surface area contributed by atoms with Crippen molar-refractivity contribution in [3.05, 3.63) is 12.7 Å². The van der Waals surface area contributed by atoms with E-state index >= 15 is 0 Å². The van der Waals surface area contributed by atoms with E-state index < -0.39 is 47.9 Å². The van der Waals surface area contributed by atoms with Crippen LogP contribution in [-0.4, -0.2) is 65.4 Å². The van der Waals surface area contributed by atoms with Crippen molar-refractivity contribution in [1.29, 1.82) is 0 Å². The Kier molecular flexibility index (Phi) is 12.5. The van der Waals surface area contributed by atoms with Gasteiger partial charge < -0.3 is 31.4 Å². The van der Waals surface area contributed by atoms with Crippen LogP contribution in [0.15, 0.2) is 12.7 Å². The molecule has 3 atom stereocenters. The van der Waals surface area contributed by atoms with Crippen LogP contribution in [0.1, 0.15) is 25.7 Å². The van der Waals surface area contributed by atoms with Crippen molar-refractivity contribution in [2.24, 2.45) is 11.5 Å². The zero-order valence-electron chi connectivity index (χ0n) is 15.2. The van der Waals surface area contributed by atoms with Gasteiger partial charge in [0.1, 0.15) is 24.7 Å². The van der Waals surface area contributed by atoms with Crippen LogP contribution in [0.25, 0.3) is 0 Å². The molecule has 1 amide bonds. The number of hydrogen-bond acceptors (Lipinski definition) is 10. The first-order valence-corrected chi connectivity index (χ1v) is 8.91. The van der Waals surface area contributed by atoms with Gasteiger partial charge in [0.25, 0.3) is 0 Å². The molecule has 0 unspecified atom stereocenters. The smallest absolute Gasteiger partial charge is 0.337 e. The van der Waals surface area contributed by atoms with Gasteiger partial charge in [-0.2, -0.15) is 12.6 Å². The summed E-state index contributed by atoms with van der Waals surface area (Å²) in [6, 6.07) is -3.49. The van der Waals surface area contributed by atoms with Crippen LogP contribution in [0.2, 0.25) is 0 Å². The van der Waals surface area contributed by atoms with E-state index in [1.165, 1.54) is 6.08 Å². The SMILES string of the molecule is C=CCOC(=O)[C@@H](N)CCC(=O)N[C@@H](CS)C(=O)OC(=O)CC[C@H](N)C(=O)O. The van der Waals surface area contributed by atoms with Crippen molar-refractivity contribution >= 4 is 42.4 Å². The third kappa shape index (κ3) is 10.6. The summed E-state index contributed by atoms with van der Waals surface area (Å²) in [5.74, 6) is -4.76. The van der Waals surface area contributed by atoms with Crippen molar-refractivity contribution in [2.75, 3.05) is 12.4 Å². The third-order valence-corrected chi connectivity index (χ3v) is 3.69. The molecule has 0 radical (unpaired) electrons. The zero-order valence-corrected chi connectivity index (χ0v) is 16.1. The second kappa shape index (κ2) is 13.7. The van der Waals surface area contributed by atoms with Crippen molar-refractivity contribution in [3.63, 3.8) is 0 Å². The van der Waals surface area contributed by atoms with Crippen LogP contribution in [0, 0.1) is 0 Å². The van der Waals surface area contributed by atoms with Crippen LogP contribution in [0.4, 0.5) is 0 Å². The summed E-state index contributed by atoms with van der Waals surface area (Å²) in [5, 5.41) is 10.9. The highest BCUT2D eigenvalue weighted by atomic mass is 32.1. The Morgan fingerprint density at radius 1 is 1.07 bits per heavy atom. The Morgan fingerprint density at radius 3 is 2.21 bits per heavy atom. The van der Waals surface area contributed by atoms with Crippen LogP contribution in [-0.2, 0) is 33.4 Å². The van der Waals surface area contributed by atoms with E-state index in [1.54, 1.807) is 0 Å². The quantitative estimate of drug-likeness (QED) is 0.102. The summed E-state index contributed by atoms with van der Waals surface area (Å²) >= 11 is 3.91. The van der Waals surface area contributed by atoms with Crippen molar-refractivity contribution in [3.8, 4) is 0 Å². The van der Waals surface area contributed by atoms with E-state index in [4.69, 9.17) is 21.3 Å². The highest BCUT2D eigenvalue weighted by Crippen LogP contribution is 2.03. The van der Waals surface area contributed by atoms with Gasteiger partial charge >= 0.3 is 23.9 Å². The molecule has 11 nitrogen and oxygen atoms in total. The minimum absolute atomic E-state index is 0.00229. The van der Waals surface area contributed by atoms with E-state index in [1.807, 2.05) is 0 Å². The molecule has 0 spiro atoms. The average molecular weight is 419 g/mol. The molecule has 0 heterocycles. The normalized spacial score (nSPS) is 13.5. The lowest BCUT2D eigenvalue weighted by atomic mass is 10.1. The van der Waals surface area contributed by atoms with Gasteiger partial charge in [-0.3, -0.25) is 19.2 Å². The molecule has 12 heteroatoms. The fourth-order valence-electron chi connectivity index (χ4n) is 1.73. The molecule has 158 valence electrons. The Labute approximate surface area is 167 Å². The predicted molar refractivity (Wildman–Crippen MR) is 100 cm³/mol. The highest BCUT2D eigenvalue weighted by molar-refractivity contribution is 7.80. The number of esters is 3. The Morgan fingerprint density at radius 2 is 1.68 bits per heavy atom. The number of aliphatic carboxylic acids is 1. The first kappa shape index (κ1) is 25.6. The monoisotopic (exact) mass is 419 g/mol. The predicted octanol–water partition coefficient (Wildman–Crippen LogP) is -1.50. The second-order valence-electron chi connectivity index (χ2n) is 5.64. The maximum atomic E-state index is 11.9. The van der Waals surface area contributed by atoms with Gasteiger partial charge in [0.2, 0.25) is 5.91 Å². The maximum absolute atomic E-state index is 11.9. The number of ether oxygens (including phenoxy) is 2. The van der Waals surface area contributed by atoms with Gasteiger partial charge in [0, 0.05) is 18.6 Å². The van der Waals surface area contributed by atoms with Crippen molar-refractivity contribution in [1.82, 2.24) is 5.32 Å². The number of rotatable bonds is 13. The van der Waals surface area contributed by atoms with Crippen LogP contribution < -0.4 is 16.8 Å². The first-order chi connectivity index (χ1) is 13.1. The molecule has 0 aliphatic carbocycles. The van der Waals surface area contributed by atoms with Crippen molar-refractivity contribution < 1.29 is 38.6 Å². The molecular weight excluding hydrogens is 394 g/mol. The number of nitrogens with two attached hydrogens (primary N) is 2. The summed E-state index contributed by atoms with van der Waals surface area (Å²) in [6.45, 7) is 3.38. The molecule has 6 N–H and O–H groups in total. The second-order valence-corrected chi connectivity index (χ2v) is 6.01. The molecule has 28 heavy (non-hydrogen) atoms. The van der Waals surface area contributed by atoms with Crippen LogP contribution >= 0.6 is 12.6 Å². The van der Waals surface area contributed by atoms with Gasteiger partial charge in [0.05, 0.1) is 0 Å². The van der Waals surface area contributed by atoms with Gasteiger partial charge in [-0.1, -0.05) is 12.7 Å². The molecular formula is C16H25N3O8S. The number of carbonyl (C=O) groups excluding carboxylic acids is 4. The average Bonchev–Trinajstić information content (AvgIpc) is 2.65. The van der Waals surface area contributed by atoms with E-state index in [-0.39, 0.29) is 38.0 Å². The minimum atomic E-state index is -1.29. The summed E-state index contributed by atoms with van der Waals surface area (Å²) in [7, 11) is 0. The van der Waals surface area contributed by atoms with Gasteiger partial charge in [0.15, 0.2) is 0 Å². The Hall–Kier alpha value is -2.44. The lowest BCUT2D eigenvalue weighted by molar-refractivity contribution is -0.161. The lowest BCUT2D eigenvalue weighted by Crippen LogP contribution is -2.44. The van der Waals surface area contributed by atoms with Crippen LogP contribution in [0.3, 0.4) is 0 Å². The van der Waals surface area contributed by atoms with Gasteiger partial charge in [-0.05, 0) is 12.8 Å². The lowest BCUT2D eigenvalue weighted by Gasteiger charge is -2.16. The van der Waals surface area contributed by atoms with E-state index in [0.717, 1.165) is 0 Å². The molecule has 0 rings (SSSR count). The van der Waals surface area contributed by atoms with E-state index in [2.05, 4.69) is 29.3 Å². The molecule has 0 saturated carbocycles. The molecule has 0 bridgehead atoms.